The number of rotatable bonds is 9. The van der Waals surface area contributed by atoms with Gasteiger partial charge in [0.15, 0.2) is 28.6 Å². The van der Waals surface area contributed by atoms with Crippen molar-refractivity contribution >= 4 is 39.1 Å². The zero-order valence-corrected chi connectivity index (χ0v) is 22.5. The first-order valence-electron chi connectivity index (χ1n) is 12.7. The van der Waals surface area contributed by atoms with Gasteiger partial charge >= 0.3 is 0 Å². The van der Waals surface area contributed by atoms with Gasteiger partial charge in [0.1, 0.15) is 5.82 Å². The van der Waals surface area contributed by atoms with E-state index in [0.29, 0.717) is 62.1 Å². The van der Waals surface area contributed by atoms with Crippen molar-refractivity contribution in [2.24, 2.45) is 0 Å². The van der Waals surface area contributed by atoms with Gasteiger partial charge in [0.05, 0.1) is 42.4 Å². The number of furan rings is 1. The van der Waals surface area contributed by atoms with Crippen LogP contribution in [0.2, 0.25) is 0 Å². The second kappa shape index (κ2) is 10.8. The number of anilines is 2. The normalized spacial score (nSPS) is 15.3. The molecule has 5 heterocycles. The lowest BCUT2D eigenvalue weighted by Crippen LogP contribution is -2.47. The highest BCUT2D eigenvalue weighted by Gasteiger charge is 2.23. The van der Waals surface area contributed by atoms with E-state index in [0.717, 1.165) is 11.5 Å². The predicted octanol–water partition coefficient (Wildman–Crippen LogP) is 2.17. The number of hydrogen-bond donors (Lipinski definition) is 1. The van der Waals surface area contributed by atoms with E-state index in [9.17, 15) is 13.0 Å². The Morgan fingerprint density at radius 3 is 2.67 bits per heavy atom. The van der Waals surface area contributed by atoms with Crippen molar-refractivity contribution in [1.82, 2.24) is 34.3 Å². The molecule has 0 saturated carbocycles. The molecule has 4 aromatic heterocycles. The highest BCUT2D eigenvalue weighted by molar-refractivity contribution is 7.84. The van der Waals surface area contributed by atoms with Crippen molar-refractivity contribution in [3.8, 4) is 17.3 Å². The number of halogens is 2. The van der Waals surface area contributed by atoms with Gasteiger partial charge in [-0.2, -0.15) is 14.6 Å². The van der Waals surface area contributed by atoms with E-state index in [1.54, 1.807) is 35.5 Å². The fourth-order valence-corrected chi connectivity index (χ4v) is 5.04. The standard InChI is InChI=1S/C25H27F2N9O3S/c1-40(37)12-11-39-21-14-19(17(26)13-18(21)27)34-7-4-33(5-8-34)6-9-35-23-16(15-29-35)24-30-22(20-3-2-10-38-20)32-36(24)25(28)31-23/h2-3,10,13-15H,4-9,11-12H2,1H3,(H2,28,31)/t40-/m1/s1. The molecule has 1 saturated heterocycles. The zero-order valence-electron chi connectivity index (χ0n) is 21.7. The number of benzene rings is 1. The van der Waals surface area contributed by atoms with Crippen molar-refractivity contribution in [3.63, 3.8) is 0 Å². The summed E-state index contributed by atoms with van der Waals surface area (Å²) < 4.78 is 54.2. The highest BCUT2D eigenvalue weighted by Crippen LogP contribution is 2.29. The molecule has 1 fully saturated rings. The Morgan fingerprint density at radius 2 is 1.93 bits per heavy atom. The number of nitrogens with zero attached hydrogens (tertiary/aromatic N) is 8. The third-order valence-electron chi connectivity index (χ3n) is 6.81. The highest BCUT2D eigenvalue weighted by atomic mass is 32.2. The number of piperazine rings is 1. The summed E-state index contributed by atoms with van der Waals surface area (Å²) in [6.45, 7) is 3.82. The van der Waals surface area contributed by atoms with Crippen LogP contribution in [0.1, 0.15) is 0 Å². The van der Waals surface area contributed by atoms with Gasteiger partial charge in [0.2, 0.25) is 11.8 Å². The summed E-state index contributed by atoms with van der Waals surface area (Å²) in [6.07, 6.45) is 4.80. The van der Waals surface area contributed by atoms with Crippen LogP contribution in [0.3, 0.4) is 0 Å². The van der Waals surface area contributed by atoms with Gasteiger partial charge in [0.25, 0.3) is 0 Å². The molecule has 0 spiro atoms. The fraction of sp³-hybridized carbons (Fsp3) is 0.360. The first-order valence-corrected chi connectivity index (χ1v) is 14.4. The fourth-order valence-electron chi connectivity index (χ4n) is 4.72. The molecular weight excluding hydrogens is 544 g/mol. The maximum absolute atomic E-state index is 14.6. The van der Waals surface area contributed by atoms with Gasteiger partial charge in [-0.1, -0.05) is 0 Å². The van der Waals surface area contributed by atoms with Gasteiger partial charge in [0, 0.05) is 61.9 Å². The lowest BCUT2D eigenvalue weighted by molar-refractivity contribution is 0.245. The molecule has 12 nitrogen and oxygen atoms in total. The minimum Gasteiger partial charge on any atom is -0.489 e. The zero-order chi connectivity index (χ0) is 27.8. The summed E-state index contributed by atoms with van der Waals surface area (Å²) in [6, 6.07) is 5.75. The maximum Gasteiger partial charge on any atom is 0.225 e. The van der Waals surface area contributed by atoms with Gasteiger partial charge in [-0.3, -0.25) is 9.11 Å². The van der Waals surface area contributed by atoms with E-state index in [4.69, 9.17) is 14.9 Å². The van der Waals surface area contributed by atoms with Crippen molar-refractivity contribution in [1.29, 1.82) is 0 Å². The number of fused-ring (bicyclic) bond motifs is 3. The third-order valence-corrected chi connectivity index (χ3v) is 7.55. The average molecular weight is 572 g/mol. The van der Waals surface area contributed by atoms with E-state index in [1.807, 2.05) is 4.90 Å². The van der Waals surface area contributed by atoms with Crippen LogP contribution < -0.4 is 15.4 Å². The minimum absolute atomic E-state index is 0.0420. The molecule has 5 aromatic rings. The van der Waals surface area contributed by atoms with E-state index in [1.165, 1.54) is 10.6 Å². The molecule has 15 heteroatoms. The first-order chi connectivity index (χ1) is 19.4. The largest absolute Gasteiger partial charge is 0.489 e. The predicted molar refractivity (Wildman–Crippen MR) is 146 cm³/mol. The van der Waals surface area contributed by atoms with Crippen LogP contribution in [-0.4, -0.2) is 89.8 Å². The molecule has 2 N–H and O–H groups in total. The molecule has 0 bridgehead atoms. The Hall–Kier alpha value is -4.11. The second-order valence-corrected chi connectivity index (χ2v) is 11.0. The van der Waals surface area contributed by atoms with Crippen LogP contribution in [-0.2, 0) is 17.3 Å². The molecule has 210 valence electrons. The molecule has 1 atom stereocenters. The van der Waals surface area contributed by atoms with Crippen LogP contribution in [0.15, 0.2) is 41.1 Å². The van der Waals surface area contributed by atoms with E-state index < -0.39 is 22.4 Å². The van der Waals surface area contributed by atoms with Crippen molar-refractivity contribution in [2.75, 3.05) is 62.0 Å². The Kier molecular flexibility index (Phi) is 7.06. The van der Waals surface area contributed by atoms with Crippen LogP contribution in [0.5, 0.6) is 5.75 Å². The number of hydrogen-bond acceptors (Lipinski definition) is 10. The Balaban J connectivity index is 1.11. The molecule has 0 amide bonds. The van der Waals surface area contributed by atoms with E-state index in [2.05, 4.69) is 25.1 Å². The van der Waals surface area contributed by atoms with Crippen LogP contribution in [0.4, 0.5) is 20.4 Å². The topological polar surface area (TPSA) is 133 Å². The lowest BCUT2D eigenvalue weighted by Gasteiger charge is -2.36. The van der Waals surface area contributed by atoms with Crippen molar-refractivity contribution in [3.05, 3.63) is 48.4 Å². The molecule has 1 aliphatic rings. The second-order valence-electron chi connectivity index (χ2n) is 9.41. The maximum atomic E-state index is 14.6. The van der Waals surface area contributed by atoms with Crippen molar-refractivity contribution < 1.29 is 22.1 Å². The van der Waals surface area contributed by atoms with Crippen LogP contribution in [0.25, 0.3) is 28.3 Å². The SMILES string of the molecule is C[S@@](=O)CCOc1cc(N2CCN(CCn3ncc4c3nc(N)n3nc(-c5ccco5)nc43)CC2)c(F)cc1F. The van der Waals surface area contributed by atoms with Gasteiger partial charge in [-0.15, -0.1) is 5.10 Å². The summed E-state index contributed by atoms with van der Waals surface area (Å²) >= 11 is 0. The molecule has 40 heavy (non-hydrogen) atoms. The molecular formula is C25H27F2N9O3S. The summed E-state index contributed by atoms with van der Waals surface area (Å²) in [5.41, 5.74) is 7.62. The number of nitrogen functional groups attached to an aromatic ring is 1. The van der Waals surface area contributed by atoms with Gasteiger partial charge in [-0.05, 0) is 12.1 Å². The third kappa shape index (κ3) is 5.09. The summed E-state index contributed by atoms with van der Waals surface area (Å²) in [5, 5.41) is 9.64. The van der Waals surface area contributed by atoms with Crippen LogP contribution in [0, 0.1) is 11.6 Å². The van der Waals surface area contributed by atoms with E-state index >= 15 is 0 Å². The Morgan fingerprint density at radius 1 is 1.10 bits per heavy atom. The average Bonchev–Trinajstić information content (AvgIpc) is 3.69. The molecule has 0 aliphatic carbocycles. The summed E-state index contributed by atoms with van der Waals surface area (Å²) in [7, 11) is -1.06. The molecule has 1 aliphatic heterocycles. The first kappa shape index (κ1) is 26.1. The molecule has 0 unspecified atom stereocenters. The Bertz CT molecular complexity index is 1680. The van der Waals surface area contributed by atoms with Gasteiger partial charge in [-0.25, -0.2) is 18.4 Å². The summed E-state index contributed by atoms with van der Waals surface area (Å²) in [4.78, 5) is 13.2. The number of nitrogens with two attached hydrogens (primary N) is 1. The van der Waals surface area contributed by atoms with Gasteiger partial charge < -0.3 is 19.8 Å². The molecule has 0 radical (unpaired) electrons. The minimum atomic E-state index is -1.06. The van der Waals surface area contributed by atoms with Crippen LogP contribution >= 0.6 is 0 Å². The lowest BCUT2D eigenvalue weighted by atomic mass is 10.2. The van der Waals surface area contributed by atoms with Crippen molar-refractivity contribution in [2.45, 2.75) is 6.54 Å². The van der Waals surface area contributed by atoms with E-state index in [-0.39, 0.29) is 29.7 Å². The quantitative estimate of drug-likeness (QED) is 0.281. The number of aromatic nitrogens is 6. The monoisotopic (exact) mass is 571 g/mol. The molecule has 1 aromatic carbocycles. The molecule has 6 rings (SSSR count). The Labute approximate surface area is 229 Å². The summed E-state index contributed by atoms with van der Waals surface area (Å²) in [5.74, 6) is -0.0574. The smallest absolute Gasteiger partial charge is 0.225 e. The number of ether oxygens (including phenoxy) is 1.